The van der Waals surface area contributed by atoms with Crippen molar-refractivity contribution >= 4 is 29.1 Å². The number of ether oxygens (including phenoxy) is 1. The van der Waals surface area contributed by atoms with Gasteiger partial charge < -0.3 is 15.4 Å². The van der Waals surface area contributed by atoms with Gasteiger partial charge in [-0.25, -0.2) is 0 Å². The molecule has 2 rings (SSSR count). The summed E-state index contributed by atoms with van der Waals surface area (Å²) in [4.78, 5) is 28.3. The Bertz CT molecular complexity index is 704. The smallest absolute Gasteiger partial charge is 0.269 e. The van der Waals surface area contributed by atoms with Crippen molar-refractivity contribution in [3.05, 3.63) is 58.9 Å². The molecule has 1 aromatic heterocycles. The second kappa shape index (κ2) is 9.00. The normalized spacial score (nSPS) is 10.2. The van der Waals surface area contributed by atoms with E-state index in [1.165, 1.54) is 12.3 Å². The molecular weight excluding hydrogens is 330 g/mol. The van der Waals surface area contributed by atoms with Crippen LogP contribution in [0.2, 0.25) is 5.02 Å². The van der Waals surface area contributed by atoms with Crippen LogP contribution in [0, 0.1) is 0 Å². The van der Waals surface area contributed by atoms with Gasteiger partial charge >= 0.3 is 0 Å². The number of anilines is 1. The number of pyridine rings is 1. The first-order valence-electron chi connectivity index (χ1n) is 7.40. The van der Waals surface area contributed by atoms with Crippen LogP contribution in [0.3, 0.4) is 0 Å². The van der Waals surface area contributed by atoms with Gasteiger partial charge in [0.25, 0.3) is 11.8 Å². The summed E-state index contributed by atoms with van der Waals surface area (Å²) in [5.74, 6) is -0.652. The fraction of sp³-hybridized carbons (Fsp3) is 0.235. The SMILES string of the molecule is COCCCNC(=O)c1cc(C(=O)Nc2ccc(Cl)cc2)ccn1. The molecule has 126 valence electrons. The zero-order valence-corrected chi connectivity index (χ0v) is 14.0. The summed E-state index contributed by atoms with van der Waals surface area (Å²) in [5.41, 5.74) is 1.16. The van der Waals surface area contributed by atoms with Crippen LogP contribution in [0.5, 0.6) is 0 Å². The van der Waals surface area contributed by atoms with E-state index in [2.05, 4.69) is 15.6 Å². The summed E-state index contributed by atoms with van der Waals surface area (Å²) in [7, 11) is 1.60. The van der Waals surface area contributed by atoms with Gasteiger partial charge in [0.05, 0.1) is 0 Å². The van der Waals surface area contributed by atoms with Crippen LogP contribution < -0.4 is 10.6 Å². The van der Waals surface area contributed by atoms with Crippen LogP contribution in [0.15, 0.2) is 42.6 Å². The predicted octanol–water partition coefficient (Wildman–Crippen LogP) is 2.75. The van der Waals surface area contributed by atoms with E-state index in [9.17, 15) is 9.59 Å². The summed E-state index contributed by atoms with van der Waals surface area (Å²) in [6, 6.07) is 9.77. The highest BCUT2D eigenvalue weighted by Crippen LogP contribution is 2.14. The predicted molar refractivity (Wildman–Crippen MR) is 92.5 cm³/mol. The number of nitrogens with zero attached hydrogens (tertiary/aromatic N) is 1. The number of aromatic nitrogens is 1. The summed E-state index contributed by atoms with van der Waals surface area (Å²) in [5, 5.41) is 6.05. The first kappa shape index (κ1) is 17.9. The minimum Gasteiger partial charge on any atom is -0.385 e. The third-order valence-corrected chi connectivity index (χ3v) is 3.42. The lowest BCUT2D eigenvalue weighted by Gasteiger charge is -2.07. The fourth-order valence-electron chi connectivity index (χ4n) is 1.94. The quantitative estimate of drug-likeness (QED) is 0.755. The van der Waals surface area contributed by atoms with Crippen molar-refractivity contribution in [3.8, 4) is 0 Å². The maximum Gasteiger partial charge on any atom is 0.269 e. The topological polar surface area (TPSA) is 80.3 Å². The minimum atomic E-state index is -0.327. The lowest BCUT2D eigenvalue weighted by Crippen LogP contribution is -2.26. The van der Waals surface area contributed by atoms with E-state index < -0.39 is 0 Å². The number of carbonyl (C=O) groups is 2. The van der Waals surface area contributed by atoms with Crippen molar-refractivity contribution in [2.75, 3.05) is 25.6 Å². The average Bonchev–Trinajstić information content (AvgIpc) is 2.60. The Morgan fingerprint density at radius 1 is 1.17 bits per heavy atom. The van der Waals surface area contributed by atoms with Crippen LogP contribution in [0.4, 0.5) is 5.69 Å². The fourth-order valence-corrected chi connectivity index (χ4v) is 2.07. The Morgan fingerprint density at radius 2 is 1.92 bits per heavy atom. The van der Waals surface area contributed by atoms with Crippen LogP contribution in [0.25, 0.3) is 0 Å². The first-order valence-corrected chi connectivity index (χ1v) is 7.78. The van der Waals surface area contributed by atoms with Crippen LogP contribution in [0.1, 0.15) is 27.3 Å². The summed E-state index contributed by atoms with van der Waals surface area (Å²) < 4.78 is 4.92. The average molecular weight is 348 g/mol. The maximum atomic E-state index is 12.3. The van der Waals surface area contributed by atoms with E-state index >= 15 is 0 Å². The third-order valence-electron chi connectivity index (χ3n) is 3.17. The van der Waals surface area contributed by atoms with E-state index in [1.807, 2.05) is 0 Å². The number of carbonyl (C=O) groups excluding carboxylic acids is 2. The molecule has 2 N–H and O–H groups in total. The molecule has 0 radical (unpaired) electrons. The monoisotopic (exact) mass is 347 g/mol. The summed E-state index contributed by atoms with van der Waals surface area (Å²) in [6.45, 7) is 1.05. The standard InChI is InChI=1S/C17H18ClN3O3/c1-24-10-2-8-20-17(23)15-11-12(7-9-19-15)16(22)21-14-5-3-13(18)4-6-14/h3-7,9,11H,2,8,10H2,1H3,(H,20,23)(H,21,22). The number of rotatable bonds is 7. The molecule has 0 aliphatic carbocycles. The van der Waals surface area contributed by atoms with Gasteiger partial charge in [0.1, 0.15) is 5.69 Å². The van der Waals surface area contributed by atoms with Gasteiger partial charge in [0, 0.05) is 42.7 Å². The Balaban J connectivity index is 1.99. The van der Waals surface area contributed by atoms with Crippen LogP contribution in [-0.2, 0) is 4.74 Å². The van der Waals surface area contributed by atoms with Gasteiger partial charge in [-0.1, -0.05) is 11.6 Å². The molecule has 2 aromatic rings. The Labute approximate surface area is 145 Å². The minimum absolute atomic E-state index is 0.191. The number of nitrogens with one attached hydrogen (secondary N) is 2. The number of hydrogen-bond donors (Lipinski definition) is 2. The van der Waals surface area contributed by atoms with Gasteiger partial charge in [0.15, 0.2) is 0 Å². The van der Waals surface area contributed by atoms with Gasteiger partial charge in [-0.05, 0) is 42.8 Å². The van der Waals surface area contributed by atoms with Crippen molar-refractivity contribution in [1.29, 1.82) is 0 Å². The van der Waals surface area contributed by atoms with Crippen LogP contribution >= 0.6 is 11.6 Å². The Kier molecular flexibility index (Phi) is 6.72. The molecule has 2 amide bonds. The van der Waals surface area contributed by atoms with E-state index in [0.717, 1.165) is 0 Å². The molecule has 0 saturated carbocycles. The van der Waals surface area contributed by atoms with Gasteiger partial charge in [0.2, 0.25) is 0 Å². The molecule has 1 heterocycles. The summed E-state index contributed by atoms with van der Waals surface area (Å²) in [6.07, 6.45) is 2.14. The second-order valence-corrected chi connectivity index (χ2v) is 5.43. The number of hydrogen-bond acceptors (Lipinski definition) is 4. The summed E-state index contributed by atoms with van der Waals surface area (Å²) >= 11 is 5.81. The van der Waals surface area contributed by atoms with E-state index in [1.54, 1.807) is 37.4 Å². The molecule has 6 nitrogen and oxygen atoms in total. The van der Waals surface area contributed by atoms with E-state index in [0.29, 0.717) is 35.8 Å². The highest BCUT2D eigenvalue weighted by atomic mass is 35.5. The molecule has 0 aliphatic rings. The number of benzene rings is 1. The lowest BCUT2D eigenvalue weighted by molar-refractivity contribution is 0.0943. The molecule has 0 atom stereocenters. The first-order chi connectivity index (χ1) is 11.6. The highest BCUT2D eigenvalue weighted by molar-refractivity contribution is 6.30. The number of amides is 2. The lowest BCUT2D eigenvalue weighted by atomic mass is 10.2. The van der Waals surface area contributed by atoms with Crippen molar-refractivity contribution in [2.24, 2.45) is 0 Å². The highest BCUT2D eigenvalue weighted by Gasteiger charge is 2.11. The van der Waals surface area contributed by atoms with E-state index in [-0.39, 0.29) is 17.5 Å². The molecule has 0 unspecified atom stereocenters. The van der Waals surface area contributed by atoms with Gasteiger partial charge in [-0.15, -0.1) is 0 Å². The van der Waals surface area contributed by atoms with Crippen molar-refractivity contribution < 1.29 is 14.3 Å². The van der Waals surface area contributed by atoms with Crippen LogP contribution in [-0.4, -0.2) is 37.1 Å². The largest absolute Gasteiger partial charge is 0.385 e. The van der Waals surface area contributed by atoms with Crippen molar-refractivity contribution in [3.63, 3.8) is 0 Å². The molecule has 0 saturated heterocycles. The second-order valence-electron chi connectivity index (χ2n) is 4.99. The molecular formula is C17H18ClN3O3. The molecule has 7 heteroatoms. The van der Waals surface area contributed by atoms with Gasteiger partial charge in [-0.3, -0.25) is 14.6 Å². The number of halogens is 1. The molecule has 0 bridgehead atoms. The molecule has 0 fully saturated rings. The zero-order chi connectivity index (χ0) is 17.4. The molecule has 0 aliphatic heterocycles. The molecule has 1 aromatic carbocycles. The van der Waals surface area contributed by atoms with Crippen molar-refractivity contribution in [2.45, 2.75) is 6.42 Å². The molecule has 0 spiro atoms. The Hall–Kier alpha value is -2.44. The Morgan fingerprint density at radius 3 is 2.62 bits per heavy atom. The van der Waals surface area contributed by atoms with Crippen molar-refractivity contribution in [1.82, 2.24) is 10.3 Å². The van der Waals surface area contributed by atoms with Gasteiger partial charge in [-0.2, -0.15) is 0 Å². The zero-order valence-electron chi connectivity index (χ0n) is 13.2. The third kappa shape index (κ3) is 5.33. The number of methoxy groups -OCH3 is 1. The maximum absolute atomic E-state index is 12.3. The van der Waals surface area contributed by atoms with E-state index in [4.69, 9.17) is 16.3 Å². The molecule has 24 heavy (non-hydrogen) atoms.